The van der Waals surface area contributed by atoms with Crippen molar-refractivity contribution in [2.24, 2.45) is 0 Å². The van der Waals surface area contributed by atoms with Gasteiger partial charge in [0.2, 0.25) is 5.95 Å². The van der Waals surface area contributed by atoms with E-state index in [1.807, 2.05) is 30.3 Å². The lowest BCUT2D eigenvalue weighted by Crippen LogP contribution is -2.46. The molecular formula is C19H21N5O7S. The van der Waals surface area contributed by atoms with Gasteiger partial charge in [-0.05, 0) is 5.56 Å². The highest BCUT2D eigenvalue weighted by Crippen LogP contribution is 2.47. The van der Waals surface area contributed by atoms with Gasteiger partial charge in [-0.3, -0.25) is 18.5 Å². The van der Waals surface area contributed by atoms with Crippen LogP contribution in [0.2, 0.25) is 0 Å². The summed E-state index contributed by atoms with van der Waals surface area (Å²) in [6.45, 7) is 0.0462. The smallest absolute Gasteiger partial charge is 0.280 e. The normalized spacial score (nSPS) is 27.3. The number of H-pyrrole nitrogens is 1. The summed E-state index contributed by atoms with van der Waals surface area (Å²) in [6, 6.07) is 9.52. The molecule has 2 aliphatic rings. The van der Waals surface area contributed by atoms with Crippen LogP contribution in [0.15, 0.2) is 41.5 Å². The van der Waals surface area contributed by atoms with Crippen molar-refractivity contribution < 1.29 is 26.8 Å². The number of hydrogen-bond acceptors (Lipinski definition) is 10. The molecule has 0 saturated carbocycles. The van der Waals surface area contributed by atoms with Crippen molar-refractivity contribution in [3.05, 3.63) is 52.6 Å². The Hall–Kier alpha value is -2.84. The molecule has 5 rings (SSSR count). The van der Waals surface area contributed by atoms with Crippen LogP contribution in [0.3, 0.4) is 0 Å². The Kier molecular flexibility index (Phi) is 5.02. The summed E-state index contributed by atoms with van der Waals surface area (Å²) in [5.41, 5.74) is 5.27. The molecule has 13 heteroatoms. The fourth-order valence-corrected chi connectivity index (χ4v) is 4.48. The minimum atomic E-state index is -3.73. The van der Waals surface area contributed by atoms with E-state index in [4.69, 9.17) is 24.1 Å². The van der Waals surface area contributed by atoms with Gasteiger partial charge in [0.05, 0.1) is 25.8 Å². The lowest BCUT2D eigenvalue weighted by atomic mass is 10.00. The van der Waals surface area contributed by atoms with Gasteiger partial charge in [0.15, 0.2) is 17.4 Å². The van der Waals surface area contributed by atoms with E-state index in [1.165, 1.54) is 10.9 Å². The molecule has 12 nitrogen and oxygen atoms in total. The van der Waals surface area contributed by atoms with E-state index in [0.29, 0.717) is 0 Å². The Morgan fingerprint density at radius 2 is 2.12 bits per heavy atom. The van der Waals surface area contributed by atoms with Crippen molar-refractivity contribution in [2.75, 3.05) is 25.2 Å². The maximum Gasteiger partial charge on any atom is 0.280 e. The molecule has 0 aliphatic carbocycles. The molecule has 0 unspecified atom stereocenters. The van der Waals surface area contributed by atoms with Crippen molar-refractivity contribution in [3.63, 3.8) is 0 Å². The number of ether oxygens (including phenoxy) is 3. The summed E-state index contributed by atoms with van der Waals surface area (Å²) in [4.78, 5) is 22.8. The zero-order valence-corrected chi connectivity index (χ0v) is 17.8. The fourth-order valence-electron chi connectivity index (χ4n) is 4.06. The first-order valence-corrected chi connectivity index (χ1v) is 11.6. The Morgan fingerprint density at radius 3 is 2.88 bits per heavy atom. The molecule has 2 bridgehead atoms. The van der Waals surface area contributed by atoms with Gasteiger partial charge in [-0.2, -0.15) is 13.4 Å². The lowest BCUT2D eigenvalue weighted by Gasteiger charge is -2.31. The van der Waals surface area contributed by atoms with Gasteiger partial charge < -0.3 is 19.9 Å². The molecule has 2 saturated heterocycles. The van der Waals surface area contributed by atoms with Gasteiger partial charge in [0, 0.05) is 0 Å². The average molecular weight is 463 g/mol. The number of imidazole rings is 1. The second-order valence-electron chi connectivity index (χ2n) is 7.81. The molecule has 4 heterocycles. The Bertz CT molecular complexity index is 1310. The van der Waals surface area contributed by atoms with Crippen LogP contribution in [0, 0.1) is 0 Å². The number of aromatic amines is 1. The number of nitrogens with two attached hydrogens (primary N) is 1. The van der Waals surface area contributed by atoms with Crippen LogP contribution < -0.4 is 11.3 Å². The highest BCUT2D eigenvalue weighted by atomic mass is 32.2. The predicted octanol–water partition coefficient (Wildman–Crippen LogP) is -0.0702. The summed E-state index contributed by atoms with van der Waals surface area (Å²) in [7, 11) is -3.73. The van der Waals surface area contributed by atoms with Gasteiger partial charge in [0.1, 0.15) is 24.4 Å². The van der Waals surface area contributed by atoms with Gasteiger partial charge in [-0.25, -0.2) is 4.98 Å². The summed E-state index contributed by atoms with van der Waals surface area (Å²) in [5.74, 6) is -0.0691. The molecule has 2 aliphatic heterocycles. The molecule has 0 spiro atoms. The number of nitrogens with zero attached hydrogens (tertiary/aromatic N) is 3. The molecule has 2 fully saturated rings. The van der Waals surface area contributed by atoms with Crippen LogP contribution in [-0.2, 0) is 35.1 Å². The monoisotopic (exact) mass is 463 g/mol. The highest BCUT2D eigenvalue weighted by molar-refractivity contribution is 7.85. The number of benzene rings is 1. The molecular weight excluding hydrogens is 442 g/mol. The molecule has 1 aromatic carbocycles. The quantitative estimate of drug-likeness (QED) is 0.454. The topological polar surface area (TPSA) is 161 Å². The minimum Gasteiger partial charge on any atom is -0.369 e. The molecule has 3 N–H and O–H groups in total. The van der Waals surface area contributed by atoms with Gasteiger partial charge >= 0.3 is 0 Å². The number of fused-ring (bicyclic) bond motifs is 3. The predicted molar refractivity (Wildman–Crippen MR) is 111 cm³/mol. The van der Waals surface area contributed by atoms with Crippen molar-refractivity contribution >= 4 is 27.2 Å². The van der Waals surface area contributed by atoms with E-state index in [2.05, 4.69) is 15.0 Å². The summed E-state index contributed by atoms with van der Waals surface area (Å²) >= 11 is 0. The highest BCUT2D eigenvalue weighted by Gasteiger charge is 2.63. The van der Waals surface area contributed by atoms with Crippen LogP contribution in [0.4, 0.5) is 5.95 Å². The molecule has 3 aromatic rings. The lowest BCUT2D eigenvalue weighted by molar-refractivity contribution is -0.183. The Balaban J connectivity index is 1.49. The number of hydrogen-bond donors (Lipinski definition) is 2. The summed E-state index contributed by atoms with van der Waals surface area (Å²) in [5, 5.41) is 0. The van der Waals surface area contributed by atoms with Crippen LogP contribution >= 0.6 is 0 Å². The number of aromatic nitrogens is 4. The molecule has 0 amide bonds. The zero-order valence-electron chi connectivity index (χ0n) is 17.0. The third-order valence-corrected chi connectivity index (χ3v) is 6.03. The third-order valence-electron chi connectivity index (χ3n) is 5.49. The maximum absolute atomic E-state index is 12.2. The number of nitrogens with one attached hydrogen (secondary N) is 1. The van der Waals surface area contributed by atoms with E-state index in [-0.39, 0.29) is 36.9 Å². The van der Waals surface area contributed by atoms with E-state index in [9.17, 15) is 13.2 Å². The van der Waals surface area contributed by atoms with E-state index >= 15 is 0 Å². The van der Waals surface area contributed by atoms with Crippen molar-refractivity contribution in [2.45, 2.75) is 30.6 Å². The molecule has 32 heavy (non-hydrogen) atoms. The van der Waals surface area contributed by atoms with Gasteiger partial charge in [0.25, 0.3) is 15.7 Å². The SMILES string of the molecule is CS(=O)(=O)OC[C@]12CO[C@H]([C@H](n3cnc4c(=O)[nH]c(N)nc43)O1)[C@H]2OCc1ccccc1. The van der Waals surface area contributed by atoms with Crippen LogP contribution in [0.25, 0.3) is 11.2 Å². The van der Waals surface area contributed by atoms with E-state index < -0.39 is 39.7 Å². The zero-order chi connectivity index (χ0) is 22.5. The van der Waals surface area contributed by atoms with Crippen molar-refractivity contribution in [1.29, 1.82) is 0 Å². The molecule has 0 radical (unpaired) electrons. The summed E-state index contributed by atoms with van der Waals surface area (Å²) in [6.07, 6.45) is 0.311. The second-order valence-corrected chi connectivity index (χ2v) is 9.45. The number of rotatable bonds is 7. The fraction of sp³-hybridized carbons (Fsp3) is 0.421. The minimum absolute atomic E-state index is 0.0691. The Morgan fingerprint density at radius 1 is 1.34 bits per heavy atom. The maximum atomic E-state index is 12.2. The van der Waals surface area contributed by atoms with Crippen molar-refractivity contribution in [1.82, 2.24) is 19.5 Å². The van der Waals surface area contributed by atoms with Crippen LogP contribution in [0.5, 0.6) is 0 Å². The van der Waals surface area contributed by atoms with E-state index in [1.54, 1.807) is 0 Å². The molecule has 170 valence electrons. The van der Waals surface area contributed by atoms with Gasteiger partial charge in [-0.1, -0.05) is 30.3 Å². The number of anilines is 1. The van der Waals surface area contributed by atoms with Crippen molar-refractivity contribution in [3.8, 4) is 0 Å². The largest absolute Gasteiger partial charge is 0.369 e. The van der Waals surface area contributed by atoms with Gasteiger partial charge in [-0.15, -0.1) is 0 Å². The first-order valence-electron chi connectivity index (χ1n) is 9.77. The third kappa shape index (κ3) is 3.67. The summed E-state index contributed by atoms with van der Waals surface area (Å²) < 4.78 is 48.3. The van der Waals surface area contributed by atoms with E-state index in [0.717, 1.165) is 11.8 Å². The second kappa shape index (κ2) is 7.64. The van der Waals surface area contributed by atoms with Crippen LogP contribution in [-0.4, -0.2) is 65.2 Å². The number of nitrogen functional groups attached to an aromatic ring is 1. The standard InChI is InChI=1S/C19H21N5O7S/c1-32(26,27)30-9-19-8-29-13(14(19)28-7-11-5-3-2-4-6-11)17(31-19)24-10-21-12-15(24)22-18(20)23-16(12)25/h2-6,10,13-14,17H,7-9H2,1H3,(H3,20,22,23,25)/t13-,14+,17+,19-/m0/s1. The molecule has 2 aromatic heterocycles. The average Bonchev–Trinajstić information content (AvgIpc) is 3.41. The van der Waals surface area contributed by atoms with Crippen LogP contribution in [0.1, 0.15) is 11.8 Å². The first-order chi connectivity index (χ1) is 15.3. The molecule has 4 atom stereocenters. The first kappa shape index (κ1) is 21.0. The Labute approximate surface area is 182 Å².